The van der Waals surface area contributed by atoms with Crippen LogP contribution >= 0.6 is 0 Å². The van der Waals surface area contributed by atoms with Gasteiger partial charge in [-0.2, -0.15) is 8.78 Å². The van der Waals surface area contributed by atoms with E-state index in [-0.39, 0.29) is 88.9 Å². The van der Waals surface area contributed by atoms with Crippen molar-refractivity contribution in [3.8, 4) is 40.2 Å². The Hall–Kier alpha value is -15.6. The van der Waals surface area contributed by atoms with Gasteiger partial charge in [0.15, 0.2) is 47.7 Å². The number of hydrogen-bond donors (Lipinski definition) is 4. The quantitative estimate of drug-likeness (QED) is 0.0615. The van der Waals surface area contributed by atoms with Gasteiger partial charge >= 0.3 is 5.92 Å². The third kappa shape index (κ3) is 22.7. The second-order valence-corrected chi connectivity index (χ2v) is 37.8. The summed E-state index contributed by atoms with van der Waals surface area (Å²) in [5, 5.41) is 12.0. The van der Waals surface area contributed by atoms with Gasteiger partial charge in [0.1, 0.15) is 47.8 Å². The van der Waals surface area contributed by atoms with Crippen molar-refractivity contribution in [2.45, 2.75) is 160 Å². The minimum atomic E-state index is -3.16. The second-order valence-electron chi connectivity index (χ2n) is 37.8. The first kappa shape index (κ1) is 101. The standard InChI is InChI=1S/C28H32N6O3.C27H28F2N4O4.C27H31N5O5.C27H30N4O4/c1-3-24(35)32-13-5-4-6-21(17-32)34-25-22(9-10-23-26(25)33(14-15-37-23)20-7-8-20)30-28(34)31-27(36)19-11-12-29-18(2)16-19;1-3-22(34)32-12-5-4-9-19(14-32)33-23-20(10-11-21-24(23)37-16-27(28,29)15-36-21)30-26(33)31-25(35)18-8-6-7-17(2)13-18;1-3-23(33)31-11-5-4-6-20(17-31)32-24-21(7-8-22-25(24)37-15-13-35-12-14-36-22)29-27(32)30-26(34)19-9-10-28-18(2)16-19;1-3-23(32)30-13-5-4-10-20(17-30)31-24-21(11-12-22-25(24)35-15-7-14-34-22)28-27(31)29-26(33)19-9-6-8-18(2)16-19/h3,9-12,16,20-21H,1,4-8,13-15,17H2,2H3,(H,30,31,36);3,6-8,10-11,13,19H,1,4-5,9,12,14-16H2,2H3,(H,30,31,35);3,7-10,16,20H,1,4-6,11-15,17H2,2H3,(H,29,30,34);3,6,8-9,11-12,16,20H,1,4-5,7,10,13-15,17H2,2H3,(H,28,29,33)/t21-;19-;2*20-/m1111/s1. The van der Waals surface area contributed by atoms with Crippen LogP contribution in [0.1, 0.15) is 184 Å². The first-order valence-electron chi connectivity index (χ1n) is 50.1. The normalized spacial score (nSPS) is 18.8. The Bertz CT molecular complexity index is 6990. The molecule has 4 atom stereocenters. The molecule has 146 heavy (non-hydrogen) atoms. The van der Waals surface area contributed by atoms with Gasteiger partial charge in [0.2, 0.25) is 47.4 Å². The molecular weight excluding hydrogens is 1870 g/mol. The molecule has 6 aromatic heterocycles. The van der Waals surface area contributed by atoms with Gasteiger partial charge in [0.25, 0.3) is 23.6 Å². The maximum Gasteiger partial charge on any atom is 0.314 e. The highest BCUT2D eigenvalue weighted by Crippen LogP contribution is 2.50. The average molecular weight is 1990 g/mol. The molecule has 37 heteroatoms. The number of nitrogens with zero attached hydrogens (tertiary/aromatic N) is 15. The van der Waals surface area contributed by atoms with Gasteiger partial charge in [0, 0.05) is 111 Å². The summed E-state index contributed by atoms with van der Waals surface area (Å²) in [4.78, 5) is 140. The molecule has 6 aromatic carbocycles. The maximum atomic E-state index is 14.1. The molecule has 0 radical (unpaired) electrons. The number of aryl methyl sites for hydroxylation is 4. The summed E-state index contributed by atoms with van der Waals surface area (Å²) in [6, 6.07) is 36.0. The number of anilines is 5. The van der Waals surface area contributed by atoms with Crippen molar-refractivity contribution >= 4 is 121 Å². The van der Waals surface area contributed by atoms with Gasteiger partial charge < -0.3 is 80.7 Å². The van der Waals surface area contributed by atoms with Crippen LogP contribution in [-0.2, 0) is 23.9 Å². The first-order valence-corrected chi connectivity index (χ1v) is 50.1. The van der Waals surface area contributed by atoms with Crippen molar-refractivity contribution in [3.05, 3.63) is 229 Å². The zero-order chi connectivity index (χ0) is 102. The van der Waals surface area contributed by atoms with Crippen LogP contribution in [0.2, 0.25) is 0 Å². The first-order chi connectivity index (χ1) is 70.9. The van der Waals surface area contributed by atoms with Crippen LogP contribution in [0.15, 0.2) is 184 Å². The molecule has 1 saturated carbocycles. The molecule has 35 nitrogen and oxygen atoms in total. The Morgan fingerprint density at radius 1 is 0.349 bits per heavy atom. The van der Waals surface area contributed by atoms with E-state index in [2.05, 4.69) is 72.0 Å². The zero-order valence-electron chi connectivity index (χ0n) is 82.6. The predicted octanol–water partition coefficient (Wildman–Crippen LogP) is 16.9. The lowest BCUT2D eigenvalue weighted by Crippen LogP contribution is -2.36. The van der Waals surface area contributed by atoms with Crippen LogP contribution in [0.5, 0.6) is 40.2 Å². The number of ether oxygens (including phenoxy) is 8. The highest BCUT2D eigenvalue weighted by molar-refractivity contribution is 6.08. The molecule has 5 fully saturated rings. The maximum absolute atomic E-state index is 14.1. The van der Waals surface area contributed by atoms with E-state index in [1.807, 2.05) is 107 Å². The molecule has 14 heterocycles. The van der Waals surface area contributed by atoms with Gasteiger partial charge in [-0.05, 0) is 239 Å². The summed E-state index contributed by atoms with van der Waals surface area (Å²) >= 11 is 0. The van der Waals surface area contributed by atoms with Gasteiger partial charge in [-0.1, -0.05) is 61.7 Å². The molecule has 4 saturated heterocycles. The smallest absolute Gasteiger partial charge is 0.314 e. The van der Waals surface area contributed by atoms with E-state index in [9.17, 15) is 47.1 Å². The number of rotatable bonds is 17. The van der Waals surface area contributed by atoms with Crippen LogP contribution in [0.25, 0.3) is 44.1 Å². The van der Waals surface area contributed by atoms with Crippen molar-refractivity contribution in [2.24, 2.45) is 0 Å². The number of halogens is 2. The third-order valence-corrected chi connectivity index (χ3v) is 27.4. The minimum absolute atomic E-state index is 0.0552. The number of nitrogens with one attached hydrogen (secondary N) is 4. The molecule has 0 bridgehead atoms. The van der Waals surface area contributed by atoms with Crippen LogP contribution in [-0.4, -0.2) is 245 Å². The molecule has 9 aliphatic rings. The summed E-state index contributed by atoms with van der Waals surface area (Å²) in [5.74, 6) is 0.422. The van der Waals surface area contributed by atoms with E-state index in [4.69, 9.17) is 52.8 Å². The van der Waals surface area contributed by atoms with E-state index in [0.29, 0.717) is 196 Å². The predicted molar refractivity (Wildman–Crippen MR) is 549 cm³/mol. The number of carbonyl (C=O) groups excluding carboxylic acids is 8. The fourth-order valence-electron chi connectivity index (χ4n) is 20.2. The van der Waals surface area contributed by atoms with E-state index in [0.717, 1.165) is 140 Å². The average Bonchev–Trinajstić information content (AvgIpc) is 1.58. The number of hydrogen-bond acceptors (Lipinski definition) is 23. The largest absolute Gasteiger partial charge is 0.489 e. The van der Waals surface area contributed by atoms with Crippen molar-refractivity contribution in [3.63, 3.8) is 0 Å². The molecular formula is C109H121F2N19O16. The van der Waals surface area contributed by atoms with Crippen LogP contribution in [0.4, 0.5) is 38.3 Å². The van der Waals surface area contributed by atoms with Gasteiger partial charge in [-0.25, -0.2) is 19.9 Å². The number of carbonyl (C=O) groups is 8. The summed E-state index contributed by atoms with van der Waals surface area (Å²) in [6.07, 6.45) is 22.1. The molecule has 0 spiro atoms. The Morgan fingerprint density at radius 3 is 1.09 bits per heavy atom. The Labute approximate surface area is 843 Å². The summed E-state index contributed by atoms with van der Waals surface area (Å²) in [6.45, 7) is 29.2. The van der Waals surface area contributed by atoms with Gasteiger partial charge in [-0.3, -0.25) is 69.6 Å². The molecule has 1 aliphatic carbocycles. The van der Waals surface area contributed by atoms with Crippen LogP contribution in [0.3, 0.4) is 0 Å². The Balaban J connectivity index is 0.000000128. The molecule has 21 rings (SSSR count). The Morgan fingerprint density at radius 2 is 0.692 bits per heavy atom. The number of aromatic nitrogens is 10. The number of alkyl halides is 2. The topological polar surface area (TPSA) is 372 Å². The van der Waals surface area contributed by atoms with E-state index < -0.39 is 19.1 Å². The van der Waals surface area contributed by atoms with Gasteiger partial charge in [-0.15, -0.1) is 0 Å². The lowest BCUT2D eigenvalue weighted by atomic mass is 10.1. The van der Waals surface area contributed by atoms with Crippen molar-refractivity contribution in [2.75, 3.05) is 145 Å². The monoisotopic (exact) mass is 1990 g/mol. The fraction of sp³-hybridized carbons (Fsp3) is 0.394. The number of fused-ring (bicyclic) bond motifs is 12. The number of pyridine rings is 2. The number of likely N-dealkylation sites (tertiary alicyclic amines) is 4. The zero-order valence-corrected chi connectivity index (χ0v) is 82.6. The van der Waals surface area contributed by atoms with Crippen molar-refractivity contribution in [1.82, 2.24) is 67.8 Å². The lowest BCUT2D eigenvalue weighted by molar-refractivity contribution is -0.127. The molecule has 4 N–H and O–H groups in total. The van der Waals surface area contributed by atoms with E-state index in [1.165, 1.54) is 37.1 Å². The summed E-state index contributed by atoms with van der Waals surface area (Å²) in [7, 11) is 0. The molecule has 12 aromatic rings. The molecule has 8 amide bonds. The van der Waals surface area contributed by atoms with Crippen LogP contribution in [0, 0.1) is 27.7 Å². The van der Waals surface area contributed by atoms with E-state index >= 15 is 0 Å². The minimum Gasteiger partial charge on any atom is -0.489 e. The SMILES string of the molecule is C=CC(=O)N1CCCC[C@@H](n2c(NC(=O)c3cccc(C)c3)nc3ccc4c(c32)OCC(F)(F)CO4)C1.C=CC(=O)N1CCCC[C@@H](n2c(NC(=O)c3cccc(C)c3)nc3ccc4c(c32)OCCCO4)C1.C=CC(=O)N1CCCC[C@@H](n2c(NC(=O)c3ccnc(C)c3)nc3ccc4c(c32)N(C2CC2)CCO4)C1.C=CC(=O)N1CCCC[C@@H](n2c(NC(=O)c3ccnc(C)c3)nc3ccc4c(c32)OCCOCCO4)C1. The summed E-state index contributed by atoms with van der Waals surface area (Å²) in [5.41, 5.74) is 12.1. The molecule has 0 unspecified atom stereocenters. The number of imidazole rings is 4. The number of benzene rings is 6. The number of amides is 8. The van der Waals surface area contributed by atoms with Gasteiger partial charge in [0.05, 0.1) is 84.7 Å². The highest BCUT2D eigenvalue weighted by atomic mass is 19.3. The molecule has 8 aliphatic heterocycles. The lowest BCUT2D eigenvalue weighted by Gasteiger charge is -2.33. The van der Waals surface area contributed by atoms with Crippen molar-refractivity contribution < 1.29 is 85.0 Å². The van der Waals surface area contributed by atoms with E-state index in [1.54, 1.807) is 87.4 Å². The Kier molecular flexibility index (Phi) is 31.1. The van der Waals surface area contributed by atoms with Crippen molar-refractivity contribution in [1.29, 1.82) is 0 Å². The van der Waals surface area contributed by atoms with Crippen LogP contribution < -0.4 is 59.3 Å². The highest BCUT2D eigenvalue weighted by Gasteiger charge is 2.42. The fourth-order valence-corrected chi connectivity index (χ4v) is 20.2. The molecule has 762 valence electrons. The third-order valence-electron chi connectivity index (χ3n) is 27.4. The second kappa shape index (κ2) is 45.2. The summed E-state index contributed by atoms with van der Waals surface area (Å²) < 4.78 is 83.1.